The van der Waals surface area contributed by atoms with Crippen LogP contribution in [0.25, 0.3) is 0 Å². The van der Waals surface area contributed by atoms with Gasteiger partial charge in [-0.3, -0.25) is 0 Å². The van der Waals surface area contributed by atoms with Gasteiger partial charge in [-0.25, -0.2) is 0 Å². The fourth-order valence-electron chi connectivity index (χ4n) is 1.84. The SMILES string of the molecule is CC1O[C@H](C)[C@@H](O[C-]=O)C(O[C-]=O)[C@H]1O[C-]=O.[Pr].[Pr].[Pr]. The summed E-state index contributed by atoms with van der Waals surface area (Å²) < 4.78 is 19.3. The number of hydrogen-bond acceptors (Lipinski definition) is 7. The topological polar surface area (TPSA) is 88.1 Å². The summed E-state index contributed by atoms with van der Waals surface area (Å²) in [6.07, 6.45) is -3.88. The summed E-state index contributed by atoms with van der Waals surface area (Å²) in [5.41, 5.74) is 0. The van der Waals surface area contributed by atoms with Crippen LogP contribution in [0.2, 0.25) is 0 Å². The quantitative estimate of drug-likeness (QED) is 0.270. The second kappa shape index (κ2) is 15.0. The van der Waals surface area contributed by atoms with Crippen molar-refractivity contribution in [1.82, 2.24) is 0 Å². The Kier molecular flexibility index (Phi) is 20.5. The number of rotatable bonds is 6. The minimum atomic E-state index is -0.992. The molecule has 1 fully saturated rings. The third-order valence-corrected chi connectivity index (χ3v) is 2.55. The molecular formula is C10H11O7Pr3-3. The molecule has 1 heterocycles. The number of ether oxygens (including phenoxy) is 4. The maximum Gasteiger partial charge on any atom is 0.134 e. The summed E-state index contributed by atoms with van der Waals surface area (Å²) in [6.45, 7) is 6.96. The third-order valence-electron chi connectivity index (χ3n) is 2.55. The largest absolute Gasteiger partial charge is 0.646 e. The third kappa shape index (κ3) is 7.83. The Balaban J connectivity index is -0.000000963. The van der Waals surface area contributed by atoms with Gasteiger partial charge in [0.05, 0.1) is 12.2 Å². The van der Waals surface area contributed by atoms with Gasteiger partial charge in [0.2, 0.25) is 0 Å². The maximum absolute atomic E-state index is 10.3. The van der Waals surface area contributed by atoms with E-state index < -0.39 is 30.5 Å². The Morgan fingerprint density at radius 1 is 0.700 bits per heavy atom. The minimum absolute atomic E-state index is 0. The van der Waals surface area contributed by atoms with E-state index in [0.717, 1.165) is 0 Å². The summed E-state index contributed by atoms with van der Waals surface area (Å²) in [4.78, 5) is 30.8. The summed E-state index contributed by atoms with van der Waals surface area (Å²) in [7, 11) is 0. The first kappa shape index (κ1) is 27.3. The summed E-state index contributed by atoms with van der Waals surface area (Å²) in [6, 6.07) is 0. The fraction of sp³-hybridized carbons (Fsp3) is 0.700. The van der Waals surface area contributed by atoms with Gasteiger partial charge in [0.1, 0.15) is 18.3 Å². The molecule has 1 rings (SSSR count). The molecule has 0 spiro atoms. The molecule has 3 radical (unpaired) electrons. The van der Waals surface area contributed by atoms with E-state index in [1.807, 2.05) is 0 Å². The van der Waals surface area contributed by atoms with Crippen LogP contribution in [0.5, 0.6) is 0 Å². The Morgan fingerprint density at radius 2 is 1.00 bits per heavy atom. The van der Waals surface area contributed by atoms with Crippen molar-refractivity contribution in [2.24, 2.45) is 0 Å². The standard InChI is InChI=1S/C10H11O7.3Pr/c1-6-8(14-3-11)10(16-5-13)9(15-4-12)7(2)17-6;;;/h6-10H,1-2H3;;;/q-3;;;/t6-,7?,8-,9+,10?;;;/m1.../s1. The smallest absolute Gasteiger partial charge is 0.134 e. The molecule has 0 saturated carbocycles. The van der Waals surface area contributed by atoms with Crippen LogP contribution in [0.15, 0.2) is 0 Å². The van der Waals surface area contributed by atoms with Gasteiger partial charge in [-0.1, -0.05) is 19.4 Å². The van der Waals surface area contributed by atoms with E-state index in [2.05, 4.69) is 14.2 Å². The molecule has 0 aliphatic carbocycles. The van der Waals surface area contributed by atoms with Crippen molar-refractivity contribution in [2.75, 3.05) is 0 Å². The zero-order valence-electron chi connectivity index (χ0n) is 11.0. The molecule has 0 aromatic rings. The van der Waals surface area contributed by atoms with Crippen LogP contribution in [0.1, 0.15) is 13.8 Å². The second-order valence-corrected chi connectivity index (χ2v) is 3.54. The average Bonchev–Trinajstić information content (AvgIpc) is 2.29. The van der Waals surface area contributed by atoms with Crippen LogP contribution < -0.4 is 0 Å². The Bertz CT molecular complexity index is 270. The van der Waals surface area contributed by atoms with Gasteiger partial charge in [0.15, 0.2) is 0 Å². The van der Waals surface area contributed by atoms with Crippen LogP contribution in [0, 0.1) is 124 Å². The number of carbonyl (C=O) groups excluding carboxylic acids is 3. The van der Waals surface area contributed by atoms with E-state index in [1.165, 1.54) is 19.4 Å². The van der Waals surface area contributed by atoms with E-state index in [4.69, 9.17) is 4.74 Å². The molecule has 7 nitrogen and oxygen atoms in total. The molecule has 2 unspecified atom stereocenters. The molecular weight excluding hydrogens is 655 g/mol. The van der Waals surface area contributed by atoms with Crippen molar-refractivity contribution in [1.29, 1.82) is 0 Å². The van der Waals surface area contributed by atoms with Crippen LogP contribution in [0.3, 0.4) is 0 Å². The van der Waals surface area contributed by atoms with Gasteiger partial charge in [-0.05, 0) is 13.8 Å². The Hall–Kier alpha value is 2.46. The molecule has 5 atom stereocenters. The molecule has 1 aliphatic heterocycles. The Morgan fingerprint density at radius 3 is 1.30 bits per heavy atom. The first-order valence-corrected chi connectivity index (χ1v) is 4.89. The molecule has 0 aromatic heterocycles. The minimum Gasteiger partial charge on any atom is -0.646 e. The van der Waals surface area contributed by atoms with Crippen molar-refractivity contribution in [2.45, 2.75) is 44.4 Å². The van der Waals surface area contributed by atoms with Crippen molar-refractivity contribution >= 4 is 19.4 Å². The van der Waals surface area contributed by atoms with Gasteiger partial charge in [-0.15, -0.1) is 0 Å². The fourth-order valence-corrected chi connectivity index (χ4v) is 1.84. The predicted molar refractivity (Wildman–Crippen MR) is 51.7 cm³/mol. The van der Waals surface area contributed by atoms with Crippen molar-refractivity contribution < 1.29 is 157 Å². The van der Waals surface area contributed by atoms with Gasteiger partial charge in [0, 0.05) is 124 Å². The molecule has 10 heteroatoms. The van der Waals surface area contributed by atoms with E-state index in [9.17, 15) is 14.4 Å². The molecule has 1 aliphatic rings. The van der Waals surface area contributed by atoms with E-state index in [1.54, 1.807) is 13.8 Å². The molecule has 0 aromatic carbocycles. The van der Waals surface area contributed by atoms with E-state index in [0.29, 0.717) is 0 Å². The summed E-state index contributed by atoms with van der Waals surface area (Å²) in [5, 5.41) is 0. The second-order valence-electron chi connectivity index (χ2n) is 3.54. The number of hydrogen-bond donors (Lipinski definition) is 0. The van der Waals surface area contributed by atoms with Crippen LogP contribution in [0.4, 0.5) is 0 Å². The predicted octanol–water partition coefficient (Wildman–Crippen LogP) is -0.849. The van der Waals surface area contributed by atoms with Crippen molar-refractivity contribution in [3.05, 3.63) is 0 Å². The molecule has 0 N–H and O–H groups in total. The van der Waals surface area contributed by atoms with E-state index >= 15 is 0 Å². The van der Waals surface area contributed by atoms with E-state index in [-0.39, 0.29) is 124 Å². The molecule has 20 heavy (non-hydrogen) atoms. The Labute approximate surface area is 216 Å². The molecule has 1 saturated heterocycles. The van der Waals surface area contributed by atoms with Crippen LogP contribution >= 0.6 is 0 Å². The molecule has 105 valence electrons. The van der Waals surface area contributed by atoms with Gasteiger partial charge in [-0.2, -0.15) is 0 Å². The summed E-state index contributed by atoms with van der Waals surface area (Å²) in [5.74, 6) is 0. The van der Waals surface area contributed by atoms with Gasteiger partial charge < -0.3 is 33.3 Å². The first-order chi connectivity index (χ1) is 8.15. The van der Waals surface area contributed by atoms with Crippen molar-refractivity contribution in [3.8, 4) is 0 Å². The van der Waals surface area contributed by atoms with Gasteiger partial charge >= 0.3 is 0 Å². The average molecular weight is 666 g/mol. The maximum atomic E-state index is 10.3. The van der Waals surface area contributed by atoms with Crippen LogP contribution in [-0.4, -0.2) is 49.9 Å². The monoisotopic (exact) mass is 666 g/mol. The first-order valence-electron chi connectivity index (χ1n) is 4.89. The van der Waals surface area contributed by atoms with Crippen LogP contribution in [-0.2, 0) is 33.3 Å². The van der Waals surface area contributed by atoms with Crippen molar-refractivity contribution in [3.63, 3.8) is 0 Å². The normalized spacial score (nSPS) is 31.2. The summed E-state index contributed by atoms with van der Waals surface area (Å²) >= 11 is 0. The van der Waals surface area contributed by atoms with Gasteiger partial charge in [0.25, 0.3) is 0 Å². The zero-order chi connectivity index (χ0) is 12.8. The molecule has 0 bridgehead atoms. The zero-order valence-corrected chi connectivity index (χ0v) is 22.1. The molecule has 0 amide bonds.